The zero-order valence-electron chi connectivity index (χ0n) is 10.8. The molecule has 0 fully saturated rings. The largest absolute Gasteiger partial charge is 0.496 e. The minimum absolute atomic E-state index is 0.241. The number of benzene rings is 2. The molecule has 0 bridgehead atoms. The van der Waals surface area contributed by atoms with Crippen LogP contribution in [0.15, 0.2) is 39.3 Å². The Morgan fingerprint density at radius 3 is 2.33 bits per heavy atom. The Balaban J connectivity index is 2.45. The summed E-state index contributed by atoms with van der Waals surface area (Å²) in [6.07, 6.45) is 0. The third kappa shape index (κ3) is 3.88. The maximum atomic E-state index is 6.00. The van der Waals surface area contributed by atoms with Crippen molar-refractivity contribution in [2.75, 3.05) is 7.11 Å². The summed E-state index contributed by atoms with van der Waals surface area (Å²) in [7, 11) is 1.59. The van der Waals surface area contributed by atoms with Gasteiger partial charge in [0.05, 0.1) is 21.6 Å². The lowest BCUT2D eigenvalue weighted by atomic mass is 10.2. The molecule has 0 atom stereocenters. The molecule has 0 spiro atoms. The van der Waals surface area contributed by atoms with Crippen molar-refractivity contribution in [3.8, 4) is 17.2 Å². The van der Waals surface area contributed by atoms with Crippen LogP contribution in [0.5, 0.6) is 17.2 Å². The first-order valence-electron chi connectivity index (χ1n) is 5.72. The summed E-state index contributed by atoms with van der Waals surface area (Å²) in [5, 5.41) is 0.536. The number of thiocarbonyl (C=S) groups is 1. The molecule has 0 aliphatic rings. The predicted octanol–water partition coefficient (Wildman–Crippen LogP) is 5.30. The van der Waals surface area contributed by atoms with Gasteiger partial charge in [-0.2, -0.15) is 0 Å². The third-order valence-electron chi connectivity index (χ3n) is 2.64. The van der Waals surface area contributed by atoms with E-state index >= 15 is 0 Å². The minimum Gasteiger partial charge on any atom is -0.496 e. The van der Waals surface area contributed by atoms with Crippen LogP contribution in [-0.4, -0.2) is 12.1 Å². The zero-order valence-corrected chi connectivity index (χ0v) is 15.6. The highest BCUT2D eigenvalue weighted by molar-refractivity contribution is 9.11. The molecule has 3 nitrogen and oxygen atoms in total. The van der Waals surface area contributed by atoms with Gasteiger partial charge >= 0.3 is 0 Å². The second-order valence-electron chi connectivity index (χ2n) is 4.02. The van der Waals surface area contributed by atoms with Crippen molar-refractivity contribution in [1.29, 1.82) is 0 Å². The van der Waals surface area contributed by atoms with Gasteiger partial charge in [0.25, 0.3) is 0 Å². The normalized spacial score (nSPS) is 10.3. The second-order valence-corrected chi connectivity index (χ2v) is 6.61. The lowest BCUT2D eigenvalue weighted by Gasteiger charge is -2.13. The summed E-state index contributed by atoms with van der Waals surface area (Å²) >= 11 is 17.9. The molecule has 7 heteroatoms. The maximum Gasteiger partial charge on any atom is 0.143 e. The van der Waals surface area contributed by atoms with Gasteiger partial charge in [0.15, 0.2) is 0 Å². The average Bonchev–Trinajstić information content (AvgIpc) is 2.42. The molecule has 21 heavy (non-hydrogen) atoms. The van der Waals surface area contributed by atoms with Gasteiger partial charge in [0, 0.05) is 11.1 Å². The lowest BCUT2D eigenvalue weighted by molar-refractivity contribution is 0.409. The first kappa shape index (κ1) is 16.5. The number of hydrogen-bond donors (Lipinski definition) is 1. The van der Waals surface area contributed by atoms with Crippen molar-refractivity contribution in [2.24, 2.45) is 5.73 Å². The highest BCUT2D eigenvalue weighted by Gasteiger charge is 2.13. The Bertz CT molecular complexity index is 710. The van der Waals surface area contributed by atoms with Gasteiger partial charge < -0.3 is 15.2 Å². The van der Waals surface area contributed by atoms with E-state index in [4.69, 9.17) is 39.0 Å². The number of hydrogen-bond acceptors (Lipinski definition) is 3. The molecular formula is C14H10Br2ClNO2S. The van der Waals surface area contributed by atoms with Gasteiger partial charge in [-0.3, -0.25) is 0 Å². The molecule has 2 rings (SSSR count). The SMILES string of the molecule is COc1cc(Br)c(Oc2cc(Cl)ccc2C(N)=S)cc1Br. The monoisotopic (exact) mass is 449 g/mol. The fourth-order valence-corrected chi connectivity index (χ4v) is 2.87. The van der Waals surface area contributed by atoms with E-state index in [0.29, 0.717) is 27.8 Å². The second kappa shape index (κ2) is 6.96. The van der Waals surface area contributed by atoms with Crippen LogP contribution in [-0.2, 0) is 0 Å². The summed E-state index contributed by atoms with van der Waals surface area (Å²) in [6.45, 7) is 0. The molecule has 0 unspecified atom stereocenters. The van der Waals surface area contributed by atoms with Crippen molar-refractivity contribution in [3.63, 3.8) is 0 Å². The Hall–Kier alpha value is -0.820. The number of ether oxygens (including phenoxy) is 2. The first-order chi connectivity index (χ1) is 9.92. The van der Waals surface area contributed by atoms with E-state index in [9.17, 15) is 0 Å². The summed E-state index contributed by atoms with van der Waals surface area (Å²) in [5.74, 6) is 1.77. The molecule has 0 aliphatic carbocycles. The summed E-state index contributed by atoms with van der Waals surface area (Å²) in [4.78, 5) is 0.241. The van der Waals surface area contributed by atoms with Crippen molar-refractivity contribution in [1.82, 2.24) is 0 Å². The molecule has 0 saturated heterocycles. The first-order valence-corrected chi connectivity index (χ1v) is 8.10. The zero-order chi connectivity index (χ0) is 15.6. The summed E-state index contributed by atoms with van der Waals surface area (Å²) in [5.41, 5.74) is 6.32. The summed E-state index contributed by atoms with van der Waals surface area (Å²) in [6, 6.07) is 8.69. The van der Waals surface area contributed by atoms with Gasteiger partial charge in [0.2, 0.25) is 0 Å². The van der Waals surface area contributed by atoms with Crippen molar-refractivity contribution >= 4 is 60.7 Å². The molecule has 2 N–H and O–H groups in total. The third-order valence-corrected chi connectivity index (χ3v) is 4.33. The van der Waals surface area contributed by atoms with Gasteiger partial charge in [-0.1, -0.05) is 23.8 Å². The van der Waals surface area contributed by atoms with E-state index < -0.39 is 0 Å². The van der Waals surface area contributed by atoms with Gasteiger partial charge in [-0.25, -0.2) is 0 Å². The average molecular weight is 452 g/mol. The Morgan fingerprint density at radius 2 is 1.71 bits per heavy atom. The van der Waals surface area contributed by atoms with Crippen LogP contribution in [0.25, 0.3) is 0 Å². The minimum atomic E-state index is 0.241. The van der Waals surface area contributed by atoms with Gasteiger partial charge in [-0.15, -0.1) is 0 Å². The van der Waals surface area contributed by atoms with E-state index in [2.05, 4.69) is 31.9 Å². The van der Waals surface area contributed by atoms with Crippen LogP contribution < -0.4 is 15.2 Å². The van der Waals surface area contributed by atoms with Crippen molar-refractivity contribution in [2.45, 2.75) is 0 Å². The molecular weight excluding hydrogens is 441 g/mol. The van der Waals surface area contributed by atoms with E-state index in [1.807, 2.05) is 0 Å². The summed E-state index contributed by atoms with van der Waals surface area (Å²) < 4.78 is 12.6. The molecule has 0 aromatic heterocycles. The van der Waals surface area contributed by atoms with Crippen LogP contribution in [0.2, 0.25) is 5.02 Å². The molecule has 0 amide bonds. The lowest BCUT2D eigenvalue weighted by Crippen LogP contribution is -2.10. The molecule has 2 aromatic rings. The maximum absolute atomic E-state index is 6.00. The fraction of sp³-hybridized carbons (Fsp3) is 0.0714. The van der Waals surface area contributed by atoms with Crippen LogP contribution in [0.4, 0.5) is 0 Å². The van der Waals surface area contributed by atoms with Crippen LogP contribution in [0.3, 0.4) is 0 Å². The predicted molar refractivity (Wildman–Crippen MR) is 95.8 cm³/mol. The van der Waals surface area contributed by atoms with Crippen molar-refractivity contribution < 1.29 is 9.47 Å². The standard InChI is InChI=1S/C14H10Br2ClNO2S/c1-19-12-5-10(16)13(6-9(12)15)20-11-4-7(17)2-3-8(11)14(18)21/h2-6H,1H3,(H2,18,21). The van der Waals surface area contributed by atoms with Crippen LogP contribution >= 0.6 is 55.7 Å². The number of nitrogens with two attached hydrogens (primary N) is 1. The fourth-order valence-electron chi connectivity index (χ4n) is 1.65. The Morgan fingerprint density at radius 1 is 1.10 bits per heavy atom. The Kier molecular flexibility index (Phi) is 5.48. The van der Waals surface area contributed by atoms with E-state index in [1.54, 1.807) is 37.4 Å². The Labute approximate surface area is 149 Å². The van der Waals surface area contributed by atoms with E-state index in [0.717, 1.165) is 8.95 Å². The van der Waals surface area contributed by atoms with Gasteiger partial charge in [-0.05, 0) is 56.1 Å². The molecule has 2 aromatic carbocycles. The molecule has 110 valence electrons. The molecule has 0 radical (unpaired) electrons. The molecule has 0 saturated carbocycles. The van der Waals surface area contributed by atoms with E-state index in [1.165, 1.54) is 0 Å². The smallest absolute Gasteiger partial charge is 0.143 e. The quantitative estimate of drug-likeness (QED) is 0.641. The highest BCUT2D eigenvalue weighted by Crippen LogP contribution is 2.39. The molecule has 0 heterocycles. The van der Waals surface area contributed by atoms with Crippen LogP contribution in [0.1, 0.15) is 5.56 Å². The number of halogens is 3. The number of methoxy groups -OCH3 is 1. The van der Waals surface area contributed by atoms with Gasteiger partial charge in [0.1, 0.15) is 22.2 Å². The molecule has 0 aliphatic heterocycles. The van der Waals surface area contributed by atoms with Crippen LogP contribution in [0, 0.1) is 0 Å². The van der Waals surface area contributed by atoms with E-state index in [-0.39, 0.29) is 4.99 Å². The number of rotatable bonds is 4. The highest BCUT2D eigenvalue weighted by atomic mass is 79.9. The van der Waals surface area contributed by atoms with Crippen molar-refractivity contribution in [3.05, 3.63) is 49.9 Å². The topological polar surface area (TPSA) is 44.5 Å².